The van der Waals surface area contributed by atoms with Crippen molar-refractivity contribution in [2.24, 2.45) is 0 Å². The van der Waals surface area contributed by atoms with Crippen molar-refractivity contribution in [1.82, 2.24) is 9.62 Å². The van der Waals surface area contributed by atoms with Gasteiger partial charge in [0.2, 0.25) is 0 Å². The molecule has 5 nitrogen and oxygen atoms in total. The van der Waals surface area contributed by atoms with Gasteiger partial charge in [-0.05, 0) is 68.4 Å². The Morgan fingerprint density at radius 3 is 2.54 bits per heavy atom. The molecule has 1 heterocycles. The highest BCUT2D eigenvalue weighted by atomic mass is 32.2. The zero-order chi connectivity index (χ0) is 18.9. The molecule has 0 fully saturated rings. The van der Waals surface area contributed by atoms with Crippen molar-refractivity contribution in [1.29, 1.82) is 0 Å². The SMILES string of the molecule is CNCCCN1Cc2cc(F)ccc2N(c2ccc(C)cc2F)S1(=O)=O. The van der Waals surface area contributed by atoms with Gasteiger partial charge in [0.1, 0.15) is 11.6 Å². The molecule has 8 heteroatoms. The van der Waals surface area contributed by atoms with Crippen LogP contribution in [0, 0.1) is 18.6 Å². The second-order valence-electron chi connectivity index (χ2n) is 6.29. The topological polar surface area (TPSA) is 52.6 Å². The zero-order valence-electron chi connectivity index (χ0n) is 14.7. The van der Waals surface area contributed by atoms with Crippen molar-refractivity contribution >= 4 is 21.6 Å². The summed E-state index contributed by atoms with van der Waals surface area (Å²) in [5.41, 5.74) is 1.40. The Kier molecular flexibility index (Phi) is 5.27. The van der Waals surface area contributed by atoms with Crippen LogP contribution in [-0.2, 0) is 16.8 Å². The van der Waals surface area contributed by atoms with Crippen LogP contribution in [0.5, 0.6) is 0 Å². The van der Waals surface area contributed by atoms with Crippen molar-refractivity contribution in [2.45, 2.75) is 19.9 Å². The Labute approximate surface area is 152 Å². The molecule has 0 bridgehead atoms. The molecule has 3 rings (SSSR count). The minimum absolute atomic E-state index is 0.0587. The number of nitrogens with one attached hydrogen (secondary N) is 1. The molecule has 0 radical (unpaired) electrons. The van der Waals surface area contributed by atoms with Gasteiger partial charge < -0.3 is 5.32 Å². The maximum Gasteiger partial charge on any atom is 0.308 e. The smallest absolute Gasteiger partial charge is 0.308 e. The van der Waals surface area contributed by atoms with Crippen LogP contribution in [0.2, 0.25) is 0 Å². The number of hydrogen-bond acceptors (Lipinski definition) is 3. The molecule has 0 aliphatic carbocycles. The summed E-state index contributed by atoms with van der Waals surface area (Å²) in [6, 6.07) is 8.24. The quantitative estimate of drug-likeness (QED) is 0.810. The van der Waals surface area contributed by atoms with Crippen molar-refractivity contribution in [3.05, 3.63) is 59.2 Å². The van der Waals surface area contributed by atoms with E-state index in [4.69, 9.17) is 0 Å². The molecule has 26 heavy (non-hydrogen) atoms. The molecular weight excluding hydrogens is 360 g/mol. The summed E-state index contributed by atoms with van der Waals surface area (Å²) < 4.78 is 56.8. The van der Waals surface area contributed by atoms with Gasteiger partial charge in [0.05, 0.1) is 11.4 Å². The van der Waals surface area contributed by atoms with Gasteiger partial charge in [-0.25, -0.2) is 13.1 Å². The summed E-state index contributed by atoms with van der Waals surface area (Å²) in [5.74, 6) is -1.09. The molecule has 1 aliphatic rings. The summed E-state index contributed by atoms with van der Waals surface area (Å²) in [7, 11) is -2.20. The van der Waals surface area contributed by atoms with Crippen LogP contribution < -0.4 is 9.62 Å². The second kappa shape index (κ2) is 7.30. The fourth-order valence-electron chi connectivity index (χ4n) is 3.05. The van der Waals surface area contributed by atoms with Crippen LogP contribution in [0.15, 0.2) is 36.4 Å². The summed E-state index contributed by atoms with van der Waals surface area (Å²) in [5, 5.41) is 2.97. The van der Waals surface area contributed by atoms with Crippen molar-refractivity contribution < 1.29 is 17.2 Å². The largest absolute Gasteiger partial charge is 0.320 e. The summed E-state index contributed by atoms with van der Waals surface area (Å²) in [6.07, 6.45) is 0.588. The van der Waals surface area contributed by atoms with Crippen LogP contribution in [0.1, 0.15) is 17.5 Å². The van der Waals surface area contributed by atoms with Gasteiger partial charge in [-0.15, -0.1) is 0 Å². The molecule has 0 amide bonds. The van der Waals surface area contributed by atoms with Crippen molar-refractivity contribution in [3.8, 4) is 0 Å². The Bertz CT molecular complexity index is 919. The molecule has 0 atom stereocenters. The number of aryl methyl sites for hydroxylation is 1. The molecule has 2 aromatic rings. The van der Waals surface area contributed by atoms with Gasteiger partial charge in [0, 0.05) is 13.1 Å². The third-order valence-corrected chi connectivity index (χ3v) is 6.14. The Balaban J connectivity index is 2.13. The number of rotatable bonds is 5. The van der Waals surface area contributed by atoms with Gasteiger partial charge >= 0.3 is 10.2 Å². The first-order chi connectivity index (χ1) is 12.3. The van der Waals surface area contributed by atoms with Gasteiger partial charge in [0.15, 0.2) is 0 Å². The standard InChI is InChI=1S/C18H21F2N3O2S/c1-13-4-6-18(16(20)10-13)23-17-7-5-15(19)11-14(17)12-22(26(23,24)25)9-3-8-21-2/h4-7,10-11,21H,3,8-9,12H2,1-2H3. The lowest BCUT2D eigenvalue weighted by atomic mass is 10.1. The lowest BCUT2D eigenvalue weighted by Gasteiger charge is -2.37. The van der Waals surface area contributed by atoms with E-state index >= 15 is 0 Å². The average Bonchev–Trinajstić information content (AvgIpc) is 2.57. The minimum Gasteiger partial charge on any atom is -0.320 e. The first kappa shape index (κ1) is 18.8. The summed E-state index contributed by atoms with van der Waals surface area (Å²) >= 11 is 0. The third kappa shape index (κ3) is 3.44. The summed E-state index contributed by atoms with van der Waals surface area (Å²) in [4.78, 5) is 0. The van der Waals surface area contributed by atoms with E-state index in [-0.39, 0.29) is 24.5 Å². The molecular formula is C18H21F2N3O2S. The fourth-order valence-corrected chi connectivity index (χ4v) is 4.76. The van der Waals surface area contributed by atoms with E-state index in [2.05, 4.69) is 5.32 Å². The molecule has 1 N–H and O–H groups in total. The van der Waals surface area contributed by atoms with E-state index in [1.165, 1.54) is 34.6 Å². The van der Waals surface area contributed by atoms with Crippen molar-refractivity contribution in [2.75, 3.05) is 24.4 Å². The van der Waals surface area contributed by atoms with Crippen LogP contribution >= 0.6 is 0 Å². The Morgan fingerprint density at radius 2 is 1.85 bits per heavy atom. The van der Waals surface area contributed by atoms with E-state index in [1.54, 1.807) is 20.0 Å². The lowest BCUT2D eigenvalue weighted by Crippen LogP contribution is -2.46. The maximum absolute atomic E-state index is 14.6. The first-order valence-electron chi connectivity index (χ1n) is 8.34. The predicted molar refractivity (Wildman–Crippen MR) is 97.5 cm³/mol. The average molecular weight is 381 g/mol. The van der Waals surface area contributed by atoms with E-state index in [0.717, 1.165) is 4.31 Å². The van der Waals surface area contributed by atoms with Crippen LogP contribution in [0.25, 0.3) is 0 Å². The Hall–Kier alpha value is -2.03. The van der Waals surface area contributed by atoms with E-state index in [9.17, 15) is 17.2 Å². The molecule has 0 saturated heterocycles. The fraction of sp³-hybridized carbons (Fsp3) is 0.333. The van der Waals surface area contributed by atoms with E-state index in [1.807, 2.05) is 0 Å². The number of hydrogen-bond donors (Lipinski definition) is 1. The van der Waals surface area contributed by atoms with Gasteiger partial charge in [-0.2, -0.15) is 12.7 Å². The normalized spacial score (nSPS) is 16.5. The number of halogens is 2. The van der Waals surface area contributed by atoms with Gasteiger partial charge in [-0.1, -0.05) is 6.07 Å². The Morgan fingerprint density at radius 1 is 1.12 bits per heavy atom. The predicted octanol–water partition coefficient (Wildman–Crippen LogP) is 3.08. The van der Waals surface area contributed by atoms with Crippen molar-refractivity contribution in [3.63, 3.8) is 0 Å². The zero-order valence-corrected chi connectivity index (χ0v) is 15.5. The van der Waals surface area contributed by atoms with Gasteiger partial charge in [0.25, 0.3) is 0 Å². The highest BCUT2D eigenvalue weighted by Gasteiger charge is 2.38. The number of benzene rings is 2. The molecule has 0 aromatic heterocycles. The van der Waals surface area contributed by atoms with Crippen LogP contribution in [-0.4, -0.2) is 32.9 Å². The van der Waals surface area contributed by atoms with E-state index in [0.29, 0.717) is 24.1 Å². The van der Waals surface area contributed by atoms with Crippen LogP contribution in [0.4, 0.5) is 20.2 Å². The number of anilines is 2. The highest BCUT2D eigenvalue weighted by Crippen LogP contribution is 2.39. The molecule has 0 saturated carbocycles. The van der Waals surface area contributed by atoms with E-state index < -0.39 is 21.8 Å². The molecule has 140 valence electrons. The molecule has 0 unspecified atom stereocenters. The summed E-state index contributed by atoms with van der Waals surface area (Å²) in [6.45, 7) is 2.68. The van der Waals surface area contributed by atoms with Crippen LogP contribution in [0.3, 0.4) is 0 Å². The maximum atomic E-state index is 14.6. The third-order valence-electron chi connectivity index (χ3n) is 4.32. The number of fused-ring (bicyclic) bond motifs is 1. The van der Waals surface area contributed by atoms with Gasteiger partial charge in [-0.3, -0.25) is 0 Å². The molecule has 0 spiro atoms. The monoisotopic (exact) mass is 381 g/mol. The first-order valence-corrected chi connectivity index (χ1v) is 9.74. The minimum atomic E-state index is -3.98. The highest BCUT2D eigenvalue weighted by molar-refractivity contribution is 7.90. The second-order valence-corrected chi connectivity index (χ2v) is 8.07. The lowest BCUT2D eigenvalue weighted by molar-refractivity contribution is 0.391. The number of nitrogens with zero attached hydrogens (tertiary/aromatic N) is 2. The molecule has 2 aromatic carbocycles. The molecule has 1 aliphatic heterocycles.